The number of hydrogen-bond donors (Lipinski definition) is 1. The summed E-state index contributed by atoms with van der Waals surface area (Å²) in [4.78, 5) is 1.27. The van der Waals surface area contributed by atoms with E-state index in [-0.39, 0.29) is 6.04 Å². The van der Waals surface area contributed by atoms with Crippen molar-refractivity contribution in [2.75, 3.05) is 19.0 Å². The van der Waals surface area contributed by atoms with Crippen LogP contribution in [-0.2, 0) is 4.74 Å². The summed E-state index contributed by atoms with van der Waals surface area (Å²) >= 11 is 1.81. The van der Waals surface area contributed by atoms with Gasteiger partial charge >= 0.3 is 0 Å². The van der Waals surface area contributed by atoms with Crippen LogP contribution in [0.25, 0.3) is 0 Å². The van der Waals surface area contributed by atoms with E-state index < -0.39 is 0 Å². The number of nitrogens with two attached hydrogens (primary N) is 1. The number of hydrogen-bond acceptors (Lipinski definition) is 3. The standard InChI is InChI=1S/C12H19NOS/c1-3-14-7-8-15-12-6-4-5-11(9-12)10(2)13/h4-6,9-10H,3,7-8,13H2,1-2H3. The van der Waals surface area contributed by atoms with Gasteiger partial charge in [-0.2, -0.15) is 0 Å². The van der Waals surface area contributed by atoms with Crippen molar-refractivity contribution in [3.63, 3.8) is 0 Å². The van der Waals surface area contributed by atoms with Gasteiger partial charge in [0.25, 0.3) is 0 Å². The third-order valence-corrected chi connectivity index (χ3v) is 3.04. The molecule has 1 aromatic rings. The summed E-state index contributed by atoms with van der Waals surface area (Å²) in [6, 6.07) is 8.50. The fourth-order valence-corrected chi connectivity index (χ4v) is 2.08. The Morgan fingerprint density at radius 3 is 2.93 bits per heavy atom. The van der Waals surface area contributed by atoms with Gasteiger partial charge in [0, 0.05) is 23.3 Å². The molecule has 1 rings (SSSR count). The number of ether oxygens (including phenoxy) is 1. The van der Waals surface area contributed by atoms with Gasteiger partial charge in [-0.05, 0) is 31.5 Å². The van der Waals surface area contributed by atoms with E-state index in [4.69, 9.17) is 10.5 Å². The molecule has 0 bridgehead atoms. The van der Waals surface area contributed by atoms with Crippen LogP contribution in [0, 0.1) is 0 Å². The first-order chi connectivity index (χ1) is 7.24. The van der Waals surface area contributed by atoms with E-state index in [1.165, 1.54) is 10.5 Å². The Labute approximate surface area is 96.2 Å². The molecule has 84 valence electrons. The van der Waals surface area contributed by atoms with Gasteiger partial charge in [-0.25, -0.2) is 0 Å². The lowest BCUT2D eigenvalue weighted by Gasteiger charge is -2.07. The number of thioether (sulfide) groups is 1. The van der Waals surface area contributed by atoms with Gasteiger partial charge in [-0.15, -0.1) is 11.8 Å². The molecular formula is C12H19NOS. The van der Waals surface area contributed by atoms with Crippen molar-refractivity contribution in [2.45, 2.75) is 24.8 Å². The largest absolute Gasteiger partial charge is 0.381 e. The van der Waals surface area contributed by atoms with E-state index in [2.05, 4.69) is 24.3 Å². The molecule has 0 radical (unpaired) electrons. The van der Waals surface area contributed by atoms with Crippen LogP contribution in [0.3, 0.4) is 0 Å². The molecule has 0 saturated carbocycles. The highest BCUT2D eigenvalue weighted by Gasteiger charge is 2.00. The zero-order valence-corrected chi connectivity index (χ0v) is 10.2. The lowest BCUT2D eigenvalue weighted by Crippen LogP contribution is -2.04. The first-order valence-corrected chi connectivity index (χ1v) is 6.28. The molecule has 1 atom stereocenters. The van der Waals surface area contributed by atoms with Crippen LogP contribution in [0.2, 0.25) is 0 Å². The second-order valence-electron chi connectivity index (χ2n) is 3.41. The number of benzene rings is 1. The highest BCUT2D eigenvalue weighted by molar-refractivity contribution is 7.99. The molecule has 0 aliphatic heterocycles. The second kappa shape index (κ2) is 6.88. The second-order valence-corrected chi connectivity index (χ2v) is 4.57. The molecule has 0 fully saturated rings. The van der Waals surface area contributed by atoms with Crippen LogP contribution in [0.1, 0.15) is 25.5 Å². The Balaban J connectivity index is 2.43. The molecule has 2 nitrogen and oxygen atoms in total. The van der Waals surface area contributed by atoms with Crippen molar-refractivity contribution < 1.29 is 4.74 Å². The Morgan fingerprint density at radius 1 is 1.47 bits per heavy atom. The summed E-state index contributed by atoms with van der Waals surface area (Å²) in [6.07, 6.45) is 0. The molecule has 15 heavy (non-hydrogen) atoms. The summed E-state index contributed by atoms with van der Waals surface area (Å²) in [6.45, 7) is 5.62. The smallest absolute Gasteiger partial charge is 0.0560 e. The Hall–Kier alpha value is -0.510. The molecular weight excluding hydrogens is 206 g/mol. The van der Waals surface area contributed by atoms with Crippen molar-refractivity contribution in [3.8, 4) is 0 Å². The first-order valence-electron chi connectivity index (χ1n) is 5.30. The van der Waals surface area contributed by atoms with E-state index in [0.29, 0.717) is 0 Å². The van der Waals surface area contributed by atoms with Gasteiger partial charge in [0.05, 0.1) is 6.61 Å². The van der Waals surface area contributed by atoms with Crippen LogP contribution in [0.4, 0.5) is 0 Å². The van der Waals surface area contributed by atoms with Gasteiger partial charge in [0.15, 0.2) is 0 Å². The van der Waals surface area contributed by atoms with Gasteiger partial charge in [0.2, 0.25) is 0 Å². The molecule has 1 unspecified atom stereocenters. The van der Waals surface area contributed by atoms with E-state index in [1.54, 1.807) is 0 Å². The molecule has 0 aliphatic rings. The summed E-state index contributed by atoms with van der Waals surface area (Å²) in [5.74, 6) is 0.996. The molecule has 2 N–H and O–H groups in total. The molecule has 0 amide bonds. The van der Waals surface area contributed by atoms with Gasteiger partial charge in [0.1, 0.15) is 0 Å². The van der Waals surface area contributed by atoms with Gasteiger partial charge in [-0.1, -0.05) is 12.1 Å². The summed E-state index contributed by atoms with van der Waals surface area (Å²) in [5.41, 5.74) is 7.02. The topological polar surface area (TPSA) is 35.2 Å². The molecule has 0 saturated heterocycles. The summed E-state index contributed by atoms with van der Waals surface area (Å²) in [7, 11) is 0. The van der Waals surface area contributed by atoms with E-state index in [0.717, 1.165) is 19.0 Å². The van der Waals surface area contributed by atoms with Crippen molar-refractivity contribution in [2.24, 2.45) is 5.73 Å². The maximum atomic E-state index is 5.83. The molecule has 0 spiro atoms. The van der Waals surface area contributed by atoms with E-state index in [1.807, 2.05) is 25.6 Å². The predicted octanol–water partition coefficient (Wildman–Crippen LogP) is 2.83. The molecule has 3 heteroatoms. The first kappa shape index (κ1) is 12.6. The molecule has 0 aromatic heterocycles. The predicted molar refractivity (Wildman–Crippen MR) is 66.3 cm³/mol. The highest BCUT2D eigenvalue weighted by atomic mass is 32.2. The highest BCUT2D eigenvalue weighted by Crippen LogP contribution is 2.21. The minimum atomic E-state index is 0.109. The molecule has 0 heterocycles. The van der Waals surface area contributed by atoms with Crippen LogP contribution in [-0.4, -0.2) is 19.0 Å². The van der Waals surface area contributed by atoms with Gasteiger partial charge < -0.3 is 10.5 Å². The SMILES string of the molecule is CCOCCSc1cccc(C(C)N)c1. The third-order valence-electron chi connectivity index (χ3n) is 2.08. The average molecular weight is 225 g/mol. The summed E-state index contributed by atoms with van der Waals surface area (Å²) < 4.78 is 5.29. The Bertz CT molecular complexity index is 289. The van der Waals surface area contributed by atoms with Crippen LogP contribution in [0.5, 0.6) is 0 Å². The van der Waals surface area contributed by atoms with Gasteiger partial charge in [-0.3, -0.25) is 0 Å². The normalized spacial score (nSPS) is 12.7. The van der Waals surface area contributed by atoms with E-state index >= 15 is 0 Å². The van der Waals surface area contributed by atoms with Crippen molar-refractivity contribution >= 4 is 11.8 Å². The minimum absolute atomic E-state index is 0.109. The summed E-state index contributed by atoms with van der Waals surface area (Å²) in [5, 5.41) is 0. The van der Waals surface area contributed by atoms with Crippen LogP contribution >= 0.6 is 11.8 Å². The third kappa shape index (κ3) is 4.69. The monoisotopic (exact) mass is 225 g/mol. The van der Waals surface area contributed by atoms with Crippen molar-refractivity contribution in [3.05, 3.63) is 29.8 Å². The fourth-order valence-electron chi connectivity index (χ4n) is 1.25. The zero-order chi connectivity index (χ0) is 11.1. The fraction of sp³-hybridized carbons (Fsp3) is 0.500. The Morgan fingerprint density at radius 2 is 2.27 bits per heavy atom. The molecule has 1 aromatic carbocycles. The zero-order valence-electron chi connectivity index (χ0n) is 9.40. The van der Waals surface area contributed by atoms with Crippen LogP contribution < -0.4 is 5.73 Å². The maximum absolute atomic E-state index is 5.83. The maximum Gasteiger partial charge on any atom is 0.0560 e. The number of rotatable bonds is 6. The quantitative estimate of drug-likeness (QED) is 0.597. The Kier molecular flexibility index (Phi) is 5.76. The average Bonchev–Trinajstić information content (AvgIpc) is 2.25. The van der Waals surface area contributed by atoms with E-state index in [9.17, 15) is 0 Å². The molecule has 0 aliphatic carbocycles. The minimum Gasteiger partial charge on any atom is -0.381 e. The lowest BCUT2D eigenvalue weighted by atomic mass is 10.1. The van der Waals surface area contributed by atoms with Crippen LogP contribution in [0.15, 0.2) is 29.2 Å². The van der Waals surface area contributed by atoms with Crippen molar-refractivity contribution in [1.82, 2.24) is 0 Å². The van der Waals surface area contributed by atoms with Crippen molar-refractivity contribution in [1.29, 1.82) is 0 Å². The lowest BCUT2D eigenvalue weighted by molar-refractivity contribution is 0.164.